The van der Waals surface area contributed by atoms with Crippen molar-refractivity contribution in [3.8, 4) is 0 Å². The van der Waals surface area contributed by atoms with Crippen molar-refractivity contribution in [2.24, 2.45) is 0 Å². The average Bonchev–Trinajstić information content (AvgIpc) is 2.81. The summed E-state index contributed by atoms with van der Waals surface area (Å²) in [6.45, 7) is 4.61. The lowest BCUT2D eigenvalue weighted by molar-refractivity contribution is 0.136. The van der Waals surface area contributed by atoms with Gasteiger partial charge >= 0.3 is 0 Å². The summed E-state index contributed by atoms with van der Waals surface area (Å²) >= 11 is 0. The van der Waals surface area contributed by atoms with Crippen LogP contribution in [0.2, 0.25) is 0 Å². The fraction of sp³-hybridized carbons (Fsp3) is 0.172. The summed E-state index contributed by atoms with van der Waals surface area (Å²) < 4.78 is 0. The maximum atomic E-state index is 2.65. The zero-order valence-corrected chi connectivity index (χ0v) is 17.7. The van der Waals surface area contributed by atoms with Crippen molar-refractivity contribution in [2.45, 2.75) is 32.0 Å². The van der Waals surface area contributed by atoms with Crippen LogP contribution in [0, 0.1) is 0 Å². The number of hydrogen-bond acceptors (Lipinski definition) is 1. The minimum atomic E-state index is 0.151. The SMILES string of the molecule is CC(C)N(C(c1ccccc1)c1ccccc1)C(c1ccccc1)c1ccccc1. The van der Waals surface area contributed by atoms with Gasteiger partial charge in [0.15, 0.2) is 0 Å². The Hall–Kier alpha value is -3.16. The van der Waals surface area contributed by atoms with Crippen molar-refractivity contribution in [2.75, 3.05) is 0 Å². The molecule has 0 atom stereocenters. The number of hydrogen-bond donors (Lipinski definition) is 0. The smallest absolute Gasteiger partial charge is 0.0612 e. The first-order valence-corrected chi connectivity index (χ1v) is 10.7. The van der Waals surface area contributed by atoms with Crippen LogP contribution in [0.3, 0.4) is 0 Å². The second-order valence-electron chi connectivity index (χ2n) is 7.99. The first-order chi connectivity index (χ1) is 14.8. The largest absolute Gasteiger partial charge is 0.279 e. The molecule has 4 aromatic rings. The van der Waals surface area contributed by atoms with Crippen molar-refractivity contribution < 1.29 is 0 Å². The van der Waals surface area contributed by atoms with Crippen molar-refractivity contribution in [1.29, 1.82) is 0 Å². The molecule has 0 aliphatic carbocycles. The van der Waals surface area contributed by atoms with Gasteiger partial charge in [0.25, 0.3) is 0 Å². The fourth-order valence-electron chi connectivity index (χ4n) is 4.36. The molecular weight excluding hydrogens is 362 g/mol. The molecule has 150 valence electrons. The molecule has 0 amide bonds. The maximum absolute atomic E-state index is 2.65. The molecule has 0 aromatic heterocycles. The Morgan fingerprint density at radius 2 is 0.633 bits per heavy atom. The highest BCUT2D eigenvalue weighted by atomic mass is 15.2. The van der Waals surface area contributed by atoms with Crippen LogP contribution < -0.4 is 0 Å². The molecule has 0 saturated carbocycles. The zero-order chi connectivity index (χ0) is 20.8. The predicted octanol–water partition coefficient (Wildman–Crippen LogP) is 7.28. The molecule has 4 aromatic carbocycles. The van der Waals surface area contributed by atoms with Crippen LogP contribution in [-0.2, 0) is 0 Å². The molecule has 0 aliphatic rings. The van der Waals surface area contributed by atoms with Crippen LogP contribution in [0.5, 0.6) is 0 Å². The van der Waals surface area contributed by atoms with Crippen LogP contribution in [0.15, 0.2) is 121 Å². The monoisotopic (exact) mass is 391 g/mol. The van der Waals surface area contributed by atoms with Gasteiger partial charge in [-0.15, -0.1) is 0 Å². The Morgan fingerprint density at radius 3 is 0.833 bits per heavy atom. The van der Waals surface area contributed by atoms with E-state index in [2.05, 4.69) is 140 Å². The molecule has 1 heteroatoms. The van der Waals surface area contributed by atoms with Gasteiger partial charge in [-0.2, -0.15) is 0 Å². The third-order valence-electron chi connectivity index (χ3n) is 5.65. The number of benzene rings is 4. The van der Waals surface area contributed by atoms with Gasteiger partial charge in [0.2, 0.25) is 0 Å². The second kappa shape index (κ2) is 9.56. The van der Waals surface area contributed by atoms with E-state index < -0.39 is 0 Å². The first kappa shape index (κ1) is 20.1. The third-order valence-corrected chi connectivity index (χ3v) is 5.65. The van der Waals surface area contributed by atoms with Gasteiger partial charge in [-0.3, -0.25) is 4.90 Å². The van der Waals surface area contributed by atoms with Gasteiger partial charge in [-0.1, -0.05) is 121 Å². The maximum Gasteiger partial charge on any atom is 0.0612 e. The molecule has 4 rings (SSSR count). The topological polar surface area (TPSA) is 3.24 Å². The van der Waals surface area contributed by atoms with E-state index in [0.717, 1.165) is 0 Å². The van der Waals surface area contributed by atoms with Crippen molar-refractivity contribution in [3.05, 3.63) is 144 Å². The van der Waals surface area contributed by atoms with E-state index in [-0.39, 0.29) is 12.1 Å². The van der Waals surface area contributed by atoms with E-state index in [9.17, 15) is 0 Å². The summed E-state index contributed by atoms with van der Waals surface area (Å²) in [7, 11) is 0. The predicted molar refractivity (Wildman–Crippen MR) is 126 cm³/mol. The molecule has 0 heterocycles. The van der Waals surface area contributed by atoms with Crippen LogP contribution in [-0.4, -0.2) is 10.9 Å². The lowest BCUT2D eigenvalue weighted by atomic mass is 9.89. The standard InChI is InChI=1S/C29H29N/c1-23(2)30(28(24-15-7-3-8-16-24)25-17-9-4-10-18-25)29(26-19-11-5-12-20-26)27-21-13-6-14-22-27/h3-23,28-29H,1-2H3. The van der Waals surface area contributed by atoms with E-state index in [0.29, 0.717) is 6.04 Å². The van der Waals surface area contributed by atoms with E-state index in [1.807, 2.05) is 0 Å². The van der Waals surface area contributed by atoms with Crippen molar-refractivity contribution in [3.63, 3.8) is 0 Å². The Labute approximate surface area is 180 Å². The van der Waals surface area contributed by atoms with Crippen LogP contribution in [0.1, 0.15) is 48.2 Å². The molecule has 1 nitrogen and oxygen atoms in total. The summed E-state index contributed by atoms with van der Waals surface area (Å²) in [6, 6.07) is 44.2. The van der Waals surface area contributed by atoms with Crippen LogP contribution in [0.25, 0.3) is 0 Å². The Balaban J connectivity index is 1.92. The molecule has 0 unspecified atom stereocenters. The molecule has 0 bridgehead atoms. The van der Waals surface area contributed by atoms with Gasteiger partial charge < -0.3 is 0 Å². The zero-order valence-electron chi connectivity index (χ0n) is 17.7. The molecular formula is C29H29N. The van der Waals surface area contributed by atoms with Crippen molar-refractivity contribution in [1.82, 2.24) is 4.90 Å². The molecule has 30 heavy (non-hydrogen) atoms. The van der Waals surface area contributed by atoms with E-state index in [1.54, 1.807) is 0 Å². The third kappa shape index (κ3) is 4.37. The summed E-state index contributed by atoms with van der Waals surface area (Å²) in [5.41, 5.74) is 5.26. The first-order valence-electron chi connectivity index (χ1n) is 10.7. The molecule has 0 spiro atoms. The highest BCUT2D eigenvalue weighted by Crippen LogP contribution is 2.40. The van der Waals surface area contributed by atoms with E-state index in [4.69, 9.17) is 0 Å². The quantitative estimate of drug-likeness (QED) is 0.320. The fourth-order valence-corrected chi connectivity index (χ4v) is 4.36. The minimum Gasteiger partial charge on any atom is -0.279 e. The summed E-state index contributed by atoms with van der Waals surface area (Å²) in [5.74, 6) is 0. The molecule has 0 fully saturated rings. The molecule has 0 radical (unpaired) electrons. The Bertz CT molecular complexity index is 849. The van der Waals surface area contributed by atoms with Gasteiger partial charge in [0.1, 0.15) is 0 Å². The second-order valence-corrected chi connectivity index (χ2v) is 7.99. The molecule has 0 N–H and O–H groups in total. The lowest BCUT2D eigenvalue weighted by Crippen LogP contribution is -2.39. The minimum absolute atomic E-state index is 0.151. The number of rotatable bonds is 7. The van der Waals surface area contributed by atoms with Gasteiger partial charge in [-0.05, 0) is 36.1 Å². The van der Waals surface area contributed by atoms with Crippen molar-refractivity contribution >= 4 is 0 Å². The van der Waals surface area contributed by atoms with E-state index >= 15 is 0 Å². The number of nitrogens with zero attached hydrogens (tertiary/aromatic N) is 1. The molecule has 0 saturated heterocycles. The highest BCUT2D eigenvalue weighted by Gasteiger charge is 2.32. The molecule has 0 aliphatic heterocycles. The Morgan fingerprint density at radius 1 is 0.400 bits per heavy atom. The van der Waals surface area contributed by atoms with E-state index in [1.165, 1.54) is 22.3 Å². The average molecular weight is 392 g/mol. The summed E-state index contributed by atoms with van der Waals surface area (Å²) in [6.07, 6.45) is 0. The van der Waals surface area contributed by atoms with Gasteiger partial charge in [0, 0.05) is 6.04 Å². The van der Waals surface area contributed by atoms with Crippen LogP contribution in [0.4, 0.5) is 0 Å². The lowest BCUT2D eigenvalue weighted by Gasteiger charge is -2.42. The normalized spacial score (nSPS) is 11.5. The summed E-state index contributed by atoms with van der Waals surface area (Å²) in [5, 5.41) is 0. The van der Waals surface area contributed by atoms with Crippen LogP contribution >= 0.6 is 0 Å². The highest BCUT2D eigenvalue weighted by molar-refractivity contribution is 5.37. The van der Waals surface area contributed by atoms with Gasteiger partial charge in [0.05, 0.1) is 12.1 Å². The summed E-state index contributed by atoms with van der Waals surface area (Å²) in [4.78, 5) is 2.65. The Kier molecular flexibility index (Phi) is 6.41. The van der Waals surface area contributed by atoms with Gasteiger partial charge in [-0.25, -0.2) is 0 Å².